The highest BCUT2D eigenvalue weighted by Gasteiger charge is 2.13. The van der Waals surface area contributed by atoms with Gasteiger partial charge in [0.1, 0.15) is 5.82 Å². The zero-order chi connectivity index (χ0) is 20.2. The van der Waals surface area contributed by atoms with Crippen molar-refractivity contribution in [2.24, 2.45) is 12.8 Å². The molecule has 0 fully saturated rings. The molecule has 2 heterocycles. The lowest BCUT2D eigenvalue weighted by molar-refractivity contribution is 0.756. The lowest BCUT2D eigenvalue weighted by atomic mass is 10.1. The minimum atomic E-state index is -0.153. The number of nitrogens with one attached hydrogen (secondary N) is 2. The highest BCUT2D eigenvalue weighted by molar-refractivity contribution is 9.10. The first kappa shape index (κ1) is 19.4. The van der Waals surface area contributed by atoms with Gasteiger partial charge in [-0.2, -0.15) is 15.1 Å². The van der Waals surface area contributed by atoms with Crippen LogP contribution in [0.4, 0.5) is 11.8 Å². The van der Waals surface area contributed by atoms with E-state index in [1.165, 1.54) is 0 Å². The van der Waals surface area contributed by atoms with Gasteiger partial charge in [0, 0.05) is 30.7 Å². The average Bonchev–Trinajstić information content (AvgIpc) is 3.12. The highest BCUT2D eigenvalue weighted by Crippen LogP contribution is 2.23. The maximum Gasteiger partial charge on any atom is 0.226 e. The zero-order valence-corrected chi connectivity index (χ0v) is 17.6. The molecule has 0 spiro atoms. The van der Waals surface area contributed by atoms with Gasteiger partial charge < -0.3 is 16.4 Å². The van der Waals surface area contributed by atoms with Crippen LogP contribution in [0.3, 0.4) is 0 Å². The van der Waals surface area contributed by atoms with Gasteiger partial charge in [-0.15, -0.1) is 0 Å². The van der Waals surface area contributed by atoms with Crippen LogP contribution in [0, 0.1) is 0 Å². The molecule has 0 aliphatic heterocycles. The van der Waals surface area contributed by atoms with Crippen LogP contribution in [0.2, 0.25) is 0 Å². The Morgan fingerprint density at radius 3 is 2.69 bits per heavy atom. The average molecular weight is 452 g/mol. The first-order valence-electron chi connectivity index (χ1n) is 9.32. The third-order valence-electron chi connectivity index (χ3n) is 4.65. The van der Waals surface area contributed by atoms with Crippen molar-refractivity contribution in [3.8, 4) is 0 Å². The van der Waals surface area contributed by atoms with E-state index in [4.69, 9.17) is 5.73 Å². The first-order valence-corrected chi connectivity index (χ1v) is 10.1. The normalized spacial score (nSPS) is 12.1. The molecule has 4 N–H and O–H groups in total. The number of rotatable bonds is 7. The van der Waals surface area contributed by atoms with Crippen molar-refractivity contribution in [3.63, 3.8) is 0 Å². The minimum Gasteiger partial charge on any atom is -0.365 e. The summed E-state index contributed by atoms with van der Waals surface area (Å²) in [7, 11) is 1.87. The van der Waals surface area contributed by atoms with E-state index in [1.54, 1.807) is 10.9 Å². The van der Waals surface area contributed by atoms with Crippen LogP contribution in [0.1, 0.15) is 17.2 Å². The van der Waals surface area contributed by atoms with Crippen LogP contribution in [0.5, 0.6) is 0 Å². The Morgan fingerprint density at radius 2 is 1.90 bits per heavy atom. The fraction of sp³-hybridized carbons (Fsp3) is 0.190. The maximum atomic E-state index is 6.30. The number of hydrogen-bond acceptors (Lipinski definition) is 6. The van der Waals surface area contributed by atoms with Crippen LogP contribution in [-0.2, 0) is 13.6 Å². The van der Waals surface area contributed by atoms with Crippen molar-refractivity contribution in [2.45, 2.75) is 12.6 Å². The molecule has 29 heavy (non-hydrogen) atoms. The summed E-state index contributed by atoms with van der Waals surface area (Å²) in [6.07, 6.45) is 1.78. The number of benzene rings is 2. The lowest BCUT2D eigenvalue weighted by Gasteiger charge is -2.14. The van der Waals surface area contributed by atoms with Crippen molar-refractivity contribution in [2.75, 3.05) is 17.2 Å². The molecule has 0 saturated heterocycles. The molecule has 2 aromatic heterocycles. The van der Waals surface area contributed by atoms with Crippen molar-refractivity contribution < 1.29 is 0 Å². The monoisotopic (exact) mass is 451 g/mol. The van der Waals surface area contributed by atoms with Gasteiger partial charge in [-0.1, -0.05) is 58.4 Å². The van der Waals surface area contributed by atoms with E-state index in [9.17, 15) is 0 Å². The van der Waals surface area contributed by atoms with E-state index in [0.29, 0.717) is 19.0 Å². The second-order valence-corrected chi connectivity index (χ2v) is 7.70. The second kappa shape index (κ2) is 8.59. The maximum absolute atomic E-state index is 6.30. The Labute approximate surface area is 177 Å². The third-order valence-corrected chi connectivity index (χ3v) is 5.14. The highest BCUT2D eigenvalue weighted by atomic mass is 79.9. The first-order chi connectivity index (χ1) is 14.1. The van der Waals surface area contributed by atoms with E-state index < -0.39 is 0 Å². The summed E-state index contributed by atoms with van der Waals surface area (Å²) in [5.74, 6) is 1.25. The van der Waals surface area contributed by atoms with Crippen LogP contribution < -0.4 is 16.4 Å². The molecule has 4 aromatic rings. The summed E-state index contributed by atoms with van der Waals surface area (Å²) in [6, 6.07) is 18.0. The SMILES string of the molecule is Cn1ncc2c(NCc3cccc(Br)c3)nc(NCC(N)c3ccccc3)nc21. The molecular weight excluding hydrogens is 430 g/mol. The number of nitrogens with zero attached hydrogens (tertiary/aromatic N) is 4. The lowest BCUT2D eigenvalue weighted by Crippen LogP contribution is -2.21. The van der Waals surface area contributed by atoms with Gasteiger partial charge in [-0.25, -0.2) is 0 Å². The molecule has 0 amide bonds. The van der Waals surface area contributed by atoms with Crippen molar-refractivity contribution in [1.82, 2.24) is 19.7 Å². The van der Waals surface area contributed by atoms with Gasteiger partial charge in [0.2, 0.25) is 5.95 Å². The quantitative estimate of drug-likeness (QED) is 0.395. The second-order valence-electron chi connectivity index (χ2n) is 6.78. The molecule has 2 aromatic carbocycles. The van der Waals surface area contributed by atoms with Crippen LogP contribution in [0.25, 0.3) is 11.0 Å². The zero-order valence-electron chi connectivity index (χ0n) is 16.0. The molecule has 0 saturated carbocycles. The number of nitrogens with two attached hydrogens (primary N) is 1. The summed E-state index contributed by atoms with van der Waals surface area (Å²) in [4.78, 5) is 9.27. The molecule has 0 aliphatic carbocycles. The van der Waals surface area contributed by atoms with E-state index in [1.807, 2.05) is 49.5 Å². The summed E-state index contributed by atoms with van der Waals surface area (Å²) in [5, 5.41) is 11.9. The minimum absolute atomic E-state index is 0.153. The molecule has 4 rings (SSSR count). The van der Waals surface area contributed by atoms with E-state index in [2.05, 4.69) is 53.8 Å². The smallest absolute Gasteiger partial charge is 0.226 e. The predicted molar refractivity (Wildman–Crippen MR) is 120 cm³/mol. The predicted octanol–water partition coefficient (Wildman–Crippen LogP) is 3.85. The van der Waals surface area contributed by atoms with Gasteiger partial charge in [-0.3, -0.25) is 4.68 Å². The molecule has 7 nitrogen and oxygen atoms in total. The van der Waals surface area contributed by atoms with E-state index in [0.717, 1.165) is 32.5 Å². The summed E-state index contributed by atoms with van der Waals surface area (Å²) in [5.41, 5.74) is 9.27. The van der Waals surface area contributed by atoms with Crippen molar-refractivity contribution in [3.05, 3.63) is 76.4 Å². The van der Waals surface area contributed by atoms with Crippen LogP contribution in [-0.4, -0.2) is 26.3 Å². The van der Waals surface area contributed by atoms with E-state index in [-0.39, 0.29) is 6.04 Å². The van der Waals surface area contributed by atoms with Crippen LogP contribution >= 0.6 is 15.9 Å². The topological polar surface area (TPSA) is 93.7 Å². The molecule has 1 unspecified atom stereocenters. The Hall–Kier alpha value is -2.97. The van der Waals surface area contributed by atoms with Crippen molar-refractivity contribution >= 4 is 38.7 Å². The standard InChI is InChI=1S/C21H22BrN7/c1-29-20-17(12-26-29)19(24-11-14-6-5-9-16(22)10-14)27-21(28-20)25-13-18(23)15-7-3-2-4-8-15/h2-10,12,18H,11,13,23H2,1H3,(H2,24,25,27,28). The summed E-state index contributed by atoms with van der Waals surface area (Å²) >= 11 is 3.51. The largest absolute Gasteiger partial charge is 0.365 e. The fourth-order valence-corrected chi connectivity index (χ4v) is 3.53. The molecule has 1 atom stereocenters. The molecule has 8 heteroatoms. The number of halogens is 1. The number of hydrogen-bond donors (Lipinski definition) is 3. The number of aryl methyl sites for hydroxylation is 1. The van der Waals surface area contributed by atoms with Gasteiger partial charge in [-0.05, 0) is 23.3 Å². The fourth-order valence-electron chi connectivity index (χ4n) is 3.09. The molecule has 0 bridgehead atoms. The Kier molecular flexibility index (Phi) is 5.73. The number of aromatic nitrogens is 4. The Morgan fingerprint density at radius 1 is 1.07 bits per heavy atom. The van der Waals surface area contributed by atoms with Crippen LogP contribution in [0.15, 0.2) is 65.3 Å². The summed E-state index contributed by atoms with van der Waals surface area (Å²) < 4.78 is 2.78. The van der Waals surface area contributed by atoms with Gasteiger partial charge >= 0.3 is 0 Å². The third kappa shape index (κ3) is 4.55. The van der Waals surface area contributed by atoms with Gasteiger partial charge in [0.25, 0.3) is 0 Å². The van der Waals surface area contributed by atoms with E-state index >= 15 is 0 Å². The van der Waals surface area contributed by atoms with Crippen molar-refractivity contribution in [1.29, 1.82) is 0 Å². The molecule has 0 aliphatic rings. The summed E-state index contributed by atoms with van der Waals surface area (Å²) in [6.45, 7) is 1.17. The van der Waals surface area contributed by atoms with Gasteiger partial charge in [0.05, 0.1) is 11.6 Å². The number of anilines is 2. The van der Waals surface area contributed by atoms with Gasteiger partial charge in [0.15, 0.2) is 5.65 Å². The Balaban J connectivity index is 1.54. The molecular formula is C21H22BrN7. The number of fused-ring (bicyclic) bond motifs is 1. The Bertz CT molecular complexity index is 1110. The molecule has 148 valence electrons. The molecule has 0 radical (unpaired) electrons.